The van der Waals surface area contributed by atoms with Crippen molar-refractivity contribution in [1.82, 2.24) is 9.55 Å². The van der Waals surface area contributed by atoms with Crippen LogP contribution < -0.4 is 5.63 Å². The molecule has 0 unspecified atom stereocenters. The molecule has 0 aliphatic heterocycles. The zero-order chi connectivity index (χ0) is 19.1. The number of benzene rings is 1. The minimum Gasteiger partial charge on any atom is -0.423 e. The van der Waals surface area contributed by atoms with E-state index < -0.39 is 0 Å². The first-order valence-corrected chi connectivity index (χ1v) is 10.7. The van der Waals surface area contributed by atoms with E-state index in [1.165, 1.54) is 31.4 Å². The van der Waals surface area contributed by atoms with Crippen LogP contribution in [0, 0.1) is 20.8 Å². The lowest BCUT2D eigenvalue weighted by Gasteiger charge is -2.17. The number of aromatic nitrogens is 2. The average molecular weight is 403 g/mol. The van der Waals surface area contributed by atoms with Crippen molar-refractivity contribution >= 4 is 34.3 Å². The fourth-order valence-electron chi connectivity index (χ4n) is 3.90. The van der Waals surface area contributed by atoms with Gasteiger partial charge in [0.05, 0.1) is 5.69 Å². The fraction of sp³-hybridized carbons (Fsp3) is 0.429. The molecule has 2 heterocycles. The predicted molar refractivity (Wildman–Crippen MR) is 111 cm³/mol. The average Bonchev–Trinajstić information content (AvgIpc) is 3.23. The topological polar surface area (TPSA) is 48.0 Å². The largest absolute Gasteiger partial charge is 0.423 e. The third-order valence-corrected chi connectivity index (χ3v) is 6.92. The molecule has 0 atom stereocenters. The Bertz CT molecular complexity index is 1060. The second-order valence-corrected chi connectivity index (χ2v) is 8.70. The Morgan fingerprint density at radius 2 is 1.96 bits per heavy atom. The highest BCUT2D eigenvalue weighted by atomic mass is 35.5. The molecule has 1 aliphatic carbocycles. The van der Waals surface area contributed by atoms with Crippen molar-refractivity contribution in [2.75, 3.05) is 0 Å². The van der Waals surface area contributed by atoms with Crippen LogP contribution >= 0.6 is 23.4 Å². The summed E-state index contributed by atoms with van der Waals surface area (Å²) in [5.74, 6) is 0.657. The van der Waals surface area contributed by atoms with Crippen LogP contribution in [0.5, 0.6) is 0 Å². The lowest BCUT2D eigenvalue weighted by molar-refractivity contribution is 0.471. The summed E-state index contributed by atoms with van der Waals surface area (Å²) in [5, 5.41) is 2.61. The molecular weight excluding hydrogens is 380 g/mol. The molecule has 3 aromatic rings. The van der Waals surface area contributed by atoms with Crippen LogP contribution in [0.3, 0.4) is 0 Å². The minimum absolute atomic E-state index is 0.327. The molecule has 0 radical (unpaired) electrons. The standard InChI is InChI=1S/C21H23ClN2O2S/c1-12-8-19-17(10-18(12)22)15(9-20(25)26-19)11-27-21-23-13(2)14(3)24(21)16-6-4-5-7-16/h8-10,16H,4-7,11H2,1-3H3. The van der Waals surface area contributed by atoms with E-state index in [0.29, 0.717) is 22.4 Å². The normalized spacial score (nSPS) is 15.1. The van der Waals surface area contributed by atoms with E-state index in [4.69, 9.17) is 21.0 Å². The number of hydrogen-bond acceptors (Lipinski definition) is 4. The van der Waals surface area contributed by atoms with E-state index in [1.54, 1.807) is 17.8 Å². The van der Waals surface area contributed by atoms with Crippen molar-refractivity contribution < 1.29 is 4.42 Å². The molecule has 0 saturated heterocycles. The Morgan fingerprint density at radius 1 is 1.22 bits per heavy atom. The van der Waals surface area contributed by atoms with Gasteiger partial charge in [-0.3, -0.25) is 0 Å². The van der Waals surface area contributed by atoms with Gasteiger partial charge in [-0.2, -0.15) is 0 Å². The second kappa shape index (κ2) is 7.36. The van der Waals surface area contributed by atoms with Crippen molar-refractivity contribution in [3.05, 3.63) is 56.2 Å². The summed E-state index contributed by atoms with van der Waals surface area (Å²) >= 11 is 7.99. The van der Waals surface area contributed by atoms with E-state index in [2.05, 4.69) is 18.4 Å². The van der Waals surface area contributed by atoms with E-state index in [-0.39, 0.29) is 5.63 Å². The molecule has 142 valence electrons. The molecule has 1 fully saturated rings. The molecule has 0 N–H and O–H groups in total. The van der Waals surface area contributed by atoms with Crippen LogP contribution in [0.15, 0.2) is 32.6 Å². The van der Waals surface area contributed by atoms with Crippen LogP contribution in [0.2, 0.25) is 5.02 Å². The van der Waals surface area contributed by atoms with Crippen LogP contribution in [-0.2, 0) is 5.75 Å². The zero-order valence-electron chi connectivity index (χ0n) is 15.8. The summed E-state index contributed by atoms with van der Waals surface area (Å²) in [6, 6.07) is 5.85. The maximum absolute atomic E-state index is 12.0. The van der Waals surface area contributed by atoms with Crippen LogP contribution in [0.25, 0.3) is 11.0 Å². The maximum Gasteiger partial charge on any atom is 0.336 e. The first-order chi connectivity index (χ1) is 12.9. The van der Waals surface area contributed by atoms with Gasteiger partial charge < -0.3 is 8.98 Å². The van der Waals surface area contributed by atoms with Gasteiger partial charge in [-0.05, 0) is 56.9 Å². The lowest BCUT2D eigenvalue weighted by atomic mass is 10.1. The second-order valence-electron chi connectivity index (χ2n) is 7.35. The summed E-state index contributed by atoms with van der Waals surface area (Å²) in [7, 11) is 0. The van der Waals surface area contributed by atoms with Crippen molar-refractivity contribution in [3.8, 4) is 0 Å². The highest BCUT2D eigenvalue weighted by Crippen LogP contribution is 2.37. The Balaban J connectivity index is 1.69. The van der Waals surface area contributed by atoms with Crippen LogP contribution in [0.4, 0.5) is 0 Å². The number of halogens is 1. The van der Waals surface area contributed by atoms with Gasteiger partial charge in [-0.1, -0.05) is 36.2 Å². The maximum atomic E-state index is 12.0. The summed E-state index contributed by atoms with van der Waals surface area (Å²) in [4.78, 5) is 16.8. The first-order valence-electron chi connectivity index (χ1n) is 9.35. The molecule has 0 spiro atoms. The summed E-state index contributed by atoms with van der Waals surface area (Å²) < 4.78 is 7.77. The third-order valence-electron chi connectivity index (χ3n) is 5.51. The van der Waals surface area contributed by atoms with Crippen molar-refractivity contribution in [2.45, 2.75) is 63.4 Å². The smallest absolute Gasteiger partial charge is 0.336 e. The van der Waals surface area contributed by atoms with Crippen molar-refractivity contribution in [1.29, 1.82) is 0 Å². The molecule has 4 rings (SSSR count). The van der Waals surface area contributed by atoms with Crippen LogP contribution in [-0.4, -0.2) is 9.55 Å². The highest BCUT2D eigenvalue weighted by molar-refractivity contribution is 7.98. The number of rotatable bonds is 4. The van der Waals surface area contributed by atoms with Gasteiger partial charge in [0.1, 0.15) is 5.58 Å². The Morgan fingerprint density at radius 3 is 2.70 bits per heavy atom. The number of thioether (sulfide) groups is 1. The van der Waals surface area contributed by atoms with Crippen molar-refractivity contribution in [3.63, 3.8) is 0 Å². The quantitative estimate of drug-likeness (QED) is 0.398. The molecular formula is C21H23ClN2O2S. The van der Waals surface area contributed by atoms with Gasteiger partial charge in [0.15, 0.2) is 5.16 Å². The number of hydrogen-bond donors (Lipinski definition) is 0. The summed E-state index contributed by atoms with van der Waals surface area (Å²) in [6.45, 7) is 6.13. The minimum atomic E-state index is -0.327. The predicted octanol–water partition coefficient (Wildman–Crippen LogP) is 5.98. The van der Waals surface area contributed by atoms with Gasteiger partial charge >= 0.3 is 5.63 Å². The molecule has 27 heavy (non-hydrogen) atoms. The summed E-state index contributed by atoms with van der Waals surface area (Å²) in [5.41, 5.74) is 4.43. The molecule has 1 aliphatic rings. The number of imidazole rings is 1. The van der Waals surface area contributed by atoms with Crippen molar-refractivity contribution in [2.24, 2.45) is 0 Å². The molecule has 0 amide bonds. The molecule has 1 saturated carbocycles. The Kier molecular flexibility index (Phi) is 5.08. The first kappa shape index (κ1) is 18.6. The van der Waals surface area contributed by atoms with Gasteiger partial charge in [0, 0.05) is 34.0 Å². The molecule has 4 nitrogen and oxygen atoms in total. The van der Waals surface area contributed by atoms with E-state index in [9.17, 15) is 4.79 Å². The Hall–Kier alpha value is -1.72. The van der Waals surface area contributed by atoms with Gasteiger partial charge in [-0.15, -0.1) is 0 Å². The molecule has 6 heteroatoms. The van der Waals surface area contributed by atoms with Gasteiger partial charge in [0.2, 0.25) is 0 Å². The molecule has 1 aromatic carbocycles. The number of fused-ring (bicyclic) bond motifs is 1. The molecule has 2 aromatic heterocycles. The van der Waals surface area contributed by atoms with Gasteiger partial charge in [0.25, 0.3) is 0 Å². The number of nitrogens with zero attached hydrogens (tertiary/aromatic N) is 2. The SMILES string of the molecule is Cc1cc2oc(=O)cc(CSc3nc(C)c(C)n3C3CCCC3)c2cc1Cl. The monoisotopic (exact) mass is 402 g/mol. The highest BCUT2D eigenvalue weighted by Gasteiger charge is 2.23. The summed E-state index contributed by atoms with van der Waals surface area (Å²) in [6.07, 6.45) is 5.01. The Labute approximate surface area is 167 Å². The molecule has 0 bridgehead atoms. The third kappa shape index (κ3) is 3.55. The van der Waals surface area contributed by atoms with Crippen LogP contribution in [0.1, 0.15) is 54.2 Å². The zero-order valence-corrected chi connectivity index (χ0v) is 17.4. The van der Waals surface area contributed by atoms with E-state index in [0.717, 1.165) is 27.4 Å². The lowest BCUT2D eigenvalue weighted by Crippen LogP contribution is -2.08. The van der Waals surface area contributed by atoms with Gasteiger partial charge in [-0.25, -0.2) is 9.78 Å². The fourth-order valence-corrected chi connectivity index (χ4v) is 5.21. The van der Waals surface area contributed by atoms with E-state index in [1.807, 2.05) is 19.1 Å². The number of aryl methyl sites for hydroxylation is 2. The van der Waals surface area contributed by atoms with E-state index >= 15 is 0 Å².